The third-order valence-electron chi connectivity index (χ3n) is 7.42. The van der Waals surface area contributed by atoms with Crippen LogP contribution in [0.3, 0.4) is 0 Å². The van der Waals surface area contributed by atoms with Gasteiger partial charge in [0.25, 0.3) is 0 Å². The average molecular weight is 540 g/mol. The summed E-state index contributed by atoms with van der Waals surface area (Å²) in [6.07, 6.45) is -0.517. The lowest BCUT2D eigenvalue weighted by Gasteiger charge is -2.29. The van der Waals surface area contributed by atoms with Crippen LogP contribution in [0.4, 0.5) is 0 Å². The molecule has 1 aromatic heterocycles. The van der Waals surface area contributed by atoms with Crippen molar-refractivity contribution in [3.05, 3.63) is 102 Å². The van der Waals surface area contributed by atoms with Crippen molar-refractivity contribution >= 4 is 22.7 Å². The number of carboxylic acid groups (broad SMARTS) is 1. The van der Waals surface area contributed by atoms with Crippen LogP contribution in [-0.2, 0) is 11.2 Å². The topological polar surface area (TPSA) is 101 Å². The maximum atomic E-state index is 13.3. The maximum absolute atomic E-state index is 13.3. The number of para-hydroxylation sites is 2. The van der Waals surface area contributed by atoms with E-state index in [1.807, 2.05) is 79.5 Å². The van der Waals surface area contributed by atoms with Crippen LogP contribution in [0.1, 0.15) is 29.9 Å². The van der Waals surface area contributed by atoms with Crippen LogP contribution >= 0.6 is 0 Å². The summed E-state index contributed by atoms with van der Waals surface area (Å²) in [4.78, 5) is 31.9. The van der Waals surface area contributed by atoms with Gasteiger partial charge in [-0.05, 0) is 62.9 Å². The van der Waals surface area contributed by atoms with Crippen molar-refractivity contribution in [2.24, 2.45) is 0 Å². The molecular weight excluding hydrogens is 506 g/mol. The summed E-state index contributed by atoms with van der Waals surface area (Å²) in [5, 5.41) is 14.2. The minimum absolute atomic E-state index is 0.0383. The van der Waals surface area contributed by atoms with Crippen molar-refractivity contribution in [1.82, 2.24) is 15.2 Å². The highest BCUT2D eigenvalue weighted by Crippen LogP contribution is 2.25. The molecule has 1 aliphatic rings. The summed E-state index contributed by atoms with van der Waals surface area (Å²) in [5.74, 6) is 0.0526. The van der Waals surface area contributed by atoms with Crippen molar-refractivity contribution in [1.29, 1.82) is 0 Å². The van der Waals surface area contributed by atoms with Crippen LogP contribution < -0.4 is 14.8 Å². The van der Waals surface area contributed by atoms with Gasteiger partial charge in [0, 0.05) is 18.4 Å². The number of fused-ring (bicyclic) bond motifs is 1. The molecule has 1 aliphatic heterocycles. The molecular formula is C32H33N3O5. The number of Topliss-reactive ketones (excluding diaryl/α,β-unsaturated/α-hetero) is 1. The van der Waals surface area contributed by atoms with E-state index in [1.165, 1.54) is 0 Å². The molecule has 2 heterocycles. The first-order valence-electron chi connectivity index (χ1n) is 13.3. The van der Waals surface area contributed by atoms with Gasteiger partial charge in [-0.25, -0.2) is 9.78 Å². The van der Waals surface area contributed by atoms with E-state index < -0.39 is 17.7 Å². The van der Waals surface area contributed by atoms with Crippen molar-refractivity contribution in [2.75, 3.05) is 13.6 Å². The number of pyridine rings is 1. The monoisotopic (exact) mass is 539 g/mol. The standard InChI is InChI=1S/C32H33N3O5/c1-21(28-20-33-30(35(28)3)29(36)27-18-15-23-9-7-8-12-26(23)34-27)39-24-16-13-22(14-17-24)19-32(2,31(37)38)40-25-10-5-4-6-11-25/h4-18,21,28,30,33H,19-20H2,1-3H3,(H,37,38). The molecule has 5 rings (SSSR count). The molecule has 2 N–H and O–H groups in total. The number of carbonyl (C=O) groups excluding carboxylic acids is 1. The number of carboxylic acids is 1. The molecule has 4 unspecified atom stereocenters. The van der Waals surface area contributed by atoms with Gasteiger partial charge in [-0.3, -0.25) is 15.0 Å². The summed E-state index contributed by atoms with van der Waals surface area (Å²) in [5.41, 5.74) is 0.615. The highest BCUT2D eigenvalue weighted by molar-refractivity contribution is 6.00. The Kier molecular flexibility index (Phi) is 7.82. The zero-order valence-corrected chi connectivity index (χ0v) is 22.8. The molecule has 0 radical (unpaired) electrons. The minimum Gasteiger partial charge on any atom is -0.489 e. The number of hydrogen-bond donors (Lipinski definition) is 2. The molecule has 206 valence electrons. The summed E-state index contributed by atoms with van der Waals surface area (Å²) in [6, 6.07) is 27.7. The number of ether oxygens (including phenoxy) is 2. The van der Waals surface area contributed by atoms with Gasteiger partial charge in [-0.2, -0.15) is 0 Å². The Balaban J connectivity index is 1.21. The van der Waals surface area contributed by atoms with E-state index in [9.17, 15) is 14.7 Å². The zero-order chi connectivity index (χ0) is 28.3. The van der Waals surface area contributed by atoms with Crippen molar-refractivity contribution < 1.29 is 24.2 Å². The first-order chi connectivity index (χ1) is 19.2. The fraction of sp³-hybridized carbons (Fsp3) is 0.281. The second-order valence-corrected chi connectivity index (χ2v) is 10.4. The van der Waals surface area contributed by atoms with Crippen molar-refractivity contribution in [2.45, 2.75) is 44.2 Å². The molecule has 40 heavy (non-hydrogen) atoms. The molecule has 0 amide bonds. The molecule has 1 saturated heterocycles. The number of aromatic nitrogens is 1. The molecule has 4 atom stereocenters. The van der Waals surface area contributed by atoms with E-state index in [0.29, 0.717) is 23.7 Å². The molecule has 3 aromatic carbocycles. The van der Waals surface area contributed by atoms with Gasteiger partial charge in [0.2, 0.25) is 11.4 Å². The van der Waals surface area contributed by atoms with E-state index in [0.717, 1.165) is 16.5 Å². The van der Waals surface area contributed by atoms with Crippen LogP contribution in [0.2, 0.25) is 0 Å². The van der Waals surface area contributed by atoms with Crippen LogP contribution in [0, 0.1) is 0 Å². The van der Waals surface area contributed by atoms with Gasteiger partial charge in [0.1, 0.15) is 29.5 Å². The van der Waals surface area contributed by atoms with Gasteiger partial charge in [0.05, 0.1) is 11.6 Å². The van der Waals surface area contributed by atoms with E-state index in [2.05, 4.69) is 10.3 Å². The van der Waals surface area contributed by atoms with E-state index in [4.69, 9.17) is 9.47 Å². The number of benzene rings is 3. The highest BCUT2D eigenvalue weighted by atomic mass is 16.5. The third-order valence-corrected chi connectivity index (χ3v) is 7.42. The second kappa shape index (κ2) is 11.5. The predicted octanol–water partition coefficient (Wildman–Crippen LogP) is 4.58. The van der Waals surface area contributed by atoms with Gasteiger partial charge in [-0.15, -0.1) is 0 Å². The quantitative estimate of drug-likeness (QED) is 0.283. The lowest BCUT2D eigenvalue weighted by Crippen LogP contribution is -2.46. The number of ketones is 1. The fourth-order valence-electron chi connectivity index (χ4n) is 5.10. The van der Waals surface area contributed by atoms with Gasteiger partial charge < -0.3 is 14.6 Å². The molecule has 0 spiro atoms. The number of likely N-dealkylation sites (N-methyl/N-ethyl adjacent to an activating group) is 1. The average Bonchev–Trinajstić information content (AvgIpc) is 3.35. The first kappa shape index (κ1) is 27.3. The van der Waals surface area contributed by atoms with Crippen molar-refractivity contribution in [3.8, 4) is 11.5 Å². The summed E-state index contributed by atoms with van der Waals surface area (Å²) in [7, 11) is 1.91. The fourth-order valence-corrected chi connectivity index (χ4v) is 5.10. The van der Waals surface area contributed by atoms with Crippen LogP contribution in [0.15, 0.2) is 91.0 Å². The van der Waals surface area contributed by atoms with E-state index in [-0.39, 0.29) is 24.3 Å². The highest BCUT2D eigenvalue weighted by Gasteiger charge is 2.39. The second-order valence-electron chi connectivity index (χ2n) is 10.4. The molecule has 4 aromatic rings. The number of hydrogen-bond acceptors (Lipinski definition) is 7. The first-order valence-corrected chi connectivity index (χ1v) is 13.3. The predicted molar refractivity (Wildman–Crippen MR) is 153 cm³/mol. The Labute approximate surface area is 233 Å². The zero-order valence-electron chi connectivity index (χ0n) is 22.8. The smallest absolute Gasteiger partial charge is 0.348 e. The number of nitrogens with zero attached hydrogens (tertiary/aromatic N) is 2. The largest absolute Gasteiger partial charge is 0.489 e. The number of carbonyl (C=O) groups is 2. The normalized spacial score (nSPS) is 19.6. The van der Waals surface area contributed by atoms with Crippen LogP contribution in [0.5, 0.6) is 11.5 Å². The molecule has 1 fully saturated rings. The third kappa shape index (κ3) is 5.83. The van der Waals surface area contributed by atoms with Gasteiger partial charge in [-0.1, -0.05) is 54.6 Å². The Morgan fingerprint density at radius 3 is 2.42 bits per heavy atom. The Morgan fingerprint density at radius 2 is 1.70 bits per heavy atom. The van der Waals surface area contributed by atoms with Crippen molar-refractivity contribution in [3.63, 3.8) is 0 Å². The Morgan fingerprint density at radius 1 is 1.00 bits per heavy atom. The Bertz CT molecular complexity index is 1490. The summed E-state index contributed by atoms with van der Waals surface area (Å²) in [6.45, 7) is 4.14. The van der Waals surface area contributed by atoms with E-state index >= 15 is 0 Å². The SMILES string of the molecule is CC(Oc1ccc(CC(C)(Oc2ccccc2)C(=O)O)cc1)C1CNC(C(=O)c2ccc3ccccc3n2)N1C. The summed E-state index contributed by atoms with van der Waals surface area (Å²) >= 11 is 0. The maximum Gasteiger partial charge on any atom is 0.348 e. The van der Waals surface area contributed by atoms with Crippen LogP contribution in [-0.4, -0.2) is 64.2 Å². The minimum atomic E-state index is -1.42. The molecule has 0 aliphatic carbocycles. The van der Waals surface area contributed by atoms with Gasteiger partial charge >= 0.3 is 5.97 Å². The van der Waals surface area contributed by atoms with E-state index in [1.54, 1.807) is 37.3 Å². The summed E-state index contributed by atoms with van der Waals surface area (Å²) < 4.78 is 12.1. The lowest BCUT2D eigenvalue weighted by atomic mass is 9.96. The molecule has 8 heteroatoms. The lowest BCUT2D eigenvalue weighted by molar-refractivity contribution is -0.153. The number of aliphatic carboxylic acids is 1. The number of rotatable bonds is 10. The Hall–Kier alpha value is -4.27. The molecule has 0 saturated carbocycles. The molecule has 8 nitrogen and oxygen atoms in total. The van der Waals surface area contributed by atoms with Gasteiger partial charge in [0.15, 0.2) is 0 Å². The number of nitrogens with one attached hydrogen (secondary N) is 1. The van der Waals surface area contributed by atoms with Crippen LogP contribution in [0.25, 0.3) is 10.9 Å². The molecule has 0 bridgehead atoms.